The summed E-state index contributed by atoms with van der Waals surface area (Å²) in [7, 11) is 0. The molecule has 0 fully saturated rings. The monoisotopic (exact) mass is 429 g/mol. The summed E-state index contributed by atoms with van der Waals surface area (Å²) in [5.74, 6) is 0. The van der Waals surface area contributed by atoms with Gasteiger partial charge in [0.15, 0.2) is 0 Å². The average molecular weight is 432 g/mol. The molecule has 0 spiro atoms. The lowest BCUT2D eigenvalue weighted by atomic mass is 10.0. The van der Waals surface area contributed by atoms with E-state index in [-0.39, 0.29) is 6.04 Å². The van der Waals surface area contributed by atoms with Gasteiger partial charge in [-0.05, 0) is 48.7 Å². The van der Waals surface area contributed by atoms with Crippen molar-refractivity contribution in [2.24, 2.45) is 0 Å². The minimum atomic E-state index is 0.258. The predicted octanol–water partition coefficient (Wildman–Crippen LogP) is 6.67. The molecule has 0 amide bonds. The van der Waals surface area contributed by atoms with Crippen LogP contribution in [0.4, 0.5) is 0 Å². The fraction of sp³-hybridized carbons (Fsp3) is 0.294. The van der Waals surface area contributed by atoms with E-state index in [1.165, 1.54) is 11.1 Å². The molecule has 0 heterocycles. The molecule has 0 bridgehead atoms. The second-order valence-corrected chi connectivity index (χ2v) is 7.27. The highest BCUT2D eigenvalue weighted by Crippen LogP contribution is 2.29. The molecule has 2 rings (SSSR count). The lowest BCUT2D eigenvalue weighted by Crippen LogP contribution is -2.24. The highest BCUT2D eigenvalue weighted by atomic mass is 79.9. The minimum Gasteiger partial charge on any atom is -0.303 e. The van der Waals surface area contributed by atoms with Crippen LogP contribution in [-0.2, 0) is 0 Å². The first-order valence-electron chi connectivity index (χ1n) is 6.97. The first-order valence-corrected chi connectivity index (χ1v) is 8.94. The third-order valence-corrected chi connectivity index (χ3v) is 4.99. The summed E-state index contributed by atoms with van der Waals surface area (Å²) in [6.07, 6.45) is 1.03. The van der Waals surface area contributed by atoms with Crippen molar-refractivity contribution in [3.63, 3.8) is 0 Å². The van der Waals surface area contributed by atoms with E-state index in [0.717, 1.165) is 20.4 Å². The SMILES string of the molecule is CCC(NC(C)c1ccc(Br)cc1Br)c1ccc(Cl)cc1. The Balaban J connectivity index is 2.15. The Labute approximate surface area is 148 Å². The molecule has 0 aliphatic rings. The maximum absolute atomic E-state index is 5.97. The van der Waals surface area contributed by atoms with Crippen molar-refractivity contribution in [1.82, 2.24) is 5.32 Å². The molecule has 1 nitrogen and oxygen atoms in total. The van der Waals surface area contributed by atoms with Gasteiger partial charge in [0, 0.05) is 26.1 Å². The van der Waals surface area contributed by atoms with E-state index in [9.17, 15) is 0 Å². The van der Waals surface area contributed by atoms with Gasteiger partial charge in [-0.1, -0.05) is 68.6 Å². The van der Waals surface area contributed by atoms with Crippen LogP contribution in [0.1, 0.15) is 43.5 Å². The molecule has 0 aromatic heterocycles. The van der Waals surface area contributed by atoms with Crippen molar-refractivity contribution in [1.29, 1.82) is 0 Å². The van der Waals surface area contributed by atoms with Gasteiger partial charge in [0.1, 0.15) is 0 Å². The largest absolute Gasteiger partial charge is 0.303 e. The first-order chi connectivity index (χ1) is 10.0. The first kappa shape index (κ1) is 17.0. The van der Waals surface area contributed by atoms with Gasteiger partial charge in [0.25, 0.3) is 0 Å². The van der Waals surface area contributed by atoms with Crippen molar-refractivity contribution >= 4 is 43.5 Å². The smallest absolute Gasteiger partial charge is 0.0406 e. The van der Waals surface area contributed by atoms with E-state index in [2.05, 4.69) is 81.4 Å². The second-order valence-electron chi connectivity index (χ2n) is 5.07. The average Bonchev–Trinajstić information content (AvgIpc) is 2.45. The molecule has 0 aliphatic carbocycles. The van der Waals surface area contributed by atoms with Crippen molar-refractivity contribution in [2.45, 2.75) is 32.4 Å². The Morgan fingerprint density at radius 1 is 1.10 bits per heavy atom. The van der Waals surface area contributed by atoms with E-state index in [4.69, 9.17) is 11.6 Å². The summed E-state index contributed by atoms with van der Waals surface area (Å²) in [5, 5.41) is 4.47. The molecular formula is C17H18Br2ClN. The fourth-order valence-electron chi connectivity index (χ4n) is 2.39. The molecule has 21 heavy (non-hydrogen) atoms. The molecule has 0 aliphatic heterocycles. The number of nitrogens with one attached hydrogen (secondary N) is 1. The van der Waals surface area contributed by atoms with Crippen LogP contribution in [0, 0.1) is 0 Å². The van der Waals surface area contributed by atoms with E-state index in [0.29, 0.717) is 6.04 Å². The van der Waals surface area contributed by atoms with Crippen molar-refractivity contribution < 1.29 is 0 Å². The van der Waals surface area contributed by atoms with Crippen molar-refractivity contribution in [3.05, 3.63) is 67.6 Å². The standard InChI is InChI=1S/C17H18Br2ClN/c1-3-17(12-4-7-14(20)8-5-12)21-11(2)15-9-6-13(18)10-16(15)19/h4-11,17,21H,3H2,1-2H3. The number of rotatable bonds is 5. The highest BCUT2D eigenvalue weighted by Gasteiger charge is 2.15. The predicted molar refractivity (Wildman–Crippen MR) is 97.9 cm³/mol. The maximum atomic E-state index is 5.97. The molecule has 2 aromatic carbocycles. The zero-order chi connectivity index (χ0) is 15.4. The zero-order valence-corrected chi connectivity index (χ0v) is 16.0. The van der Waals surface area contributed by atoms with Gasteiger partial charge >= 0.3 is 0 Å². The van der Waals surface area contributed by atoms with Crippen LogP contribution in [0.15, 0.2) is 51.4 Å². The van der Waals surface area contributed by atoms with E-state index in [1.54, 1.807) is 0 Å². The molecule has 0 radical (unpaired) electrons. The van der Waals surface area contributed by atoms with E-state index in [1.807, 2.05) is 12.1 Å². The Bertz CT molecular complexity index is 598. The number of hydrogen-bond acceptors (Lipinski definition) is 1. The minimum absolute atomic E-state index is 0.258. The van der Waals surface area contributed by atoms with Crippen LogP contribution < -0.4 is 5.32 Å². The molecule has 4 heteroatoms. The van der Waals surface area contributed by atoms with Crippen LogP contribution in [-0.4, -0.2) is 0 Å². The van der Waals surface area contributed by atoms with Gasteiger partial charge < -0.3 is 5.32 Å². The van der Waals surface area contributed by atoms with Crippen molar-refractivity contribution in [3.8, 4) is 0 Å². The summed E-state index contributed by atoms with van der Waals surface area (Å²) in [4.78, 5) is 0. The normalized spacial score (nSPS) is 14.0. The van der Waals surface area contributed by atoms with Gasteiger partial charge in [-0.25, -0.2) is 0 Å². The Morgan fingerprint density at radius 3 is 2.33 bits per heavy atom. The third kappa shape index (κ3) is 4.56. The van der Waals surface area contributed by atoms with E-state index < -0.39 is 0 Å². The van der Waals surface area contributed by atoms with Crippen LogP contribution in [0.5, 0.6) is 0 Å². The molecule has 0 saturated carbocycles. The Hall–Kier alpha value is -0.350. The van der Waals surface area contributed by atoms with E-state index >= 15 is 0 Å². The number of hydrogen-bond donors (Lipinski definition) is 1. The lowest BCUT2D eigenvalue weighted by Gasteiger charge is -2.24. The third-order valence-electron chi connectivity index (χ3n) is 3.56. The number of halogens is 3. The molecule has 2 aromatic rings. The van der Waals surface area contributed by atoms with Crippen LogP contribution in [0.25, 0.3) is 0 Å². The van der Waals surface area contributed by atoms with Crippen molar-refractivity contribution in [2.75, 3.05) is 0 Å². The lowest BCUT2D eigenvalue weighted by molar-refractivity contribution is 0.455. The quantitative estimate of drug-likeness (QED) is 0.558. The van der Waals surface area contributed by atoms with Gasteiger partial charge in [0.2, 0.25) is 0 Å². The molecule has 112 valence electrons. The summed E-state index contributed by atoms with van der Waals surface area (Å²) in [6, 6.07) is 14.9. The zero-order valence-electron chi connectivity index (χ0n) is 12.0. The maximum Gasteiger partial charge on any atom is 0.0406 e. The summed E-state index contributed by atoms with van der Waals surface area (Å²) >= 11 is 13.1. The molecule has 0 saturated heterocycles. The van der Waals surface area contributed by atoms with Gasteiger partial charge in [-0.2, -0.15) is 0 Å². The summed E-state index contributed by atoms with van der Waals surface area (Å²) < 4.78 is 2.19. The topological polar surface area (TPSA) is 12.0 Å². The Kier molecular flexibility index (Phi) is 6.30. The summed E-state index contributed by atoms with van der Waals surface area (Å²) in [5.41, 5.74) is 2.52. The molecule has 1 N–H and O–H groups in total. The van der Waals surface area contributed by atoms with Crippen LogP contribution >= 0.6 is 43.5 Å². The Morgan fingerprint density at radius 2 is 1.76 bits per heavy atom. The molecular weight excluding hydrogens is 413 g/mol. The number of benzene rings is 2. The molecule has 2 unspecified atom stereocenters. The second kappa shape index (κ2) is 7.77. The van der Waals surface area contributed by atoms with Gasteiger partial charge in [-0.3, -0.25) is 0 Å². The van der Waals surface area contributed by atoms with Crippen LogP contribution in [0.3, 0.4) is 0 Å². The van der Waals surface area contributed by atoms with Crippen LogP contribution in [0.2, 0.25) is 5.02 Å². The molecule has 2 atom stereocenters. The summed E-state index contributed by atoms with van der Waals surface area (Å²) in [6.45, 7) is 4.38. The highest BCUT2D eigenvalue weighted by molar-refractivity contribution is 9.11. The fourth-order valence-corrected chi connectivity index (χ4v) is 3.91. The van der Waals surface area contributed by atoms with Gasteiger partial charge in [0.05, 0.1) is 0 Å². The van der Waals surface area contributed by atoms with Gasteiger partial charge in [-0.15, -0.1) is 0 Å².